The summed E-state index contributed by atoms with van der Waals surface area (Å²) in [6, 6.07) is 11.9. The molecule has 3 aliphatic rings. The molecule has 1 saturated carbocycles. The third kappa shape index (κ3) is 4.49. The van der Waals surface area contributed by atoms with E-state index in [0.717, 1.165) is 18.4 Å². The Hall–Kier alpha value is -3.79. The molecule has 0 aromatic heterocycles. The molecular formula is C24H26N4O6. The van der Waals surface area contributed by atoms with Crippen LogP contribution in [0.1, 0.15) is 28.8 Å². The van der Waals surface area contributed by atoms with Crippen LogP contribution < -0.4 is 19.9 Å². The molecule has 2 heterocycles. The van der Waals surface area contributed by atoms with Crippen molar-refractivity contribution in [3.05, 3.63) is 53.6 Å². The topological polar surface area (TPSA) is 112 Å². The minimum Gasteiger partial charge on any atom is -0.454 e. The summed E-state index contributed by atoms with van der Waals surface area (Å²) in [4.78, 5) is 42.9. The van der Waals surface area contributed by atoms with Gasteiger partial charge in [-0.15, -0.1) is 0 Å². The number of hydrogen-bond acceptors (Lipinski definition) is 6. The van der Waals surface area contributed by atoms with Gasteiger partial charge in [0.2, 0.25) is 12.7 Å². The Kier molecular flexibility index (Phi) is 5.97. The van der Waals surface area contributed by atoms with Crippen LogP contribution in [-0.2, 0) is 11.3 Å². The number of benzene rings is 2. The lowest BCUT2D eigenvalue weighted by atomic mass is 10.1. The van der Waals surface area contributed by atoms with Crippen molar-refractivity contribution in [2.24, 2.45) is 5.92 Å². The van der Waals surface area contributed by atoms with E-state index < -0.39 is 5.91 Å². The smallest absolute Gasteiger partial charge is 0.324 e. The van der Waals surface area contributed by atoms with E-state index >= 15 is 0 Å². The highest BCUT2D eigenvalue weighted by molar-refractivity contribution is 5.94. The van der Waals surface area contributed by atoms with Crippen molar-refractivity contribution in [2.75, 3.05) is 37.9 Å². The van der Waals surface area contributed by atoms with Crippen molar-refractivity contribution in [3.63, 3.8) is 0 Å². The zero-order valence-corrected chi connectivity index (χ0v) is 18.6. The molecule has 4 amide bonds. The third-order valence-corrected chi connectivity index (χ3v) is 6.35. The van der Waals surface area contributed by atoms with Crippen LogP contribution in [-0.4, -0.2) is 65.8 Å². The minimum absolute atomic E-state index is 0.137. The predicted molar refractivity (Wildman–Crippen MR) is 121 cm³/mol. The normalized spacial score (nSPS) is 16.9. The summed E-state index contributed by atoms with van der Waals surface area (Å²) in [5, 5.41) is 8.83. The SMILES string of the molecule is O=C(NO)c1ccc(CN(C(=O)N2CCN(C(=O)C3CC3)CC2)c2ccc3c(c2)OCO3)cc1. The number of anilines is 1. The van der Waals surface area contributed by atoms with Crippen molar-refractivity contribution >= 4 is 23.5 Å². The molecular weight excluding hydrogens is 440 g/mol. The van der Waals surface area contributed by atoms with Crippen LogP contribution in [0.3, 0.4) is 0 Å². The van der Waals surface area contributed by atoms with Crippen molar-refractivity contribution in [2.45, 2.75) is 19.4 Å². The fourth-order valence-corrected chi connectivity index (χ4v) is 4.21. The summed E-state index contributed by atoms with van der Waals surface area (Å²) in [7, 11) is 0. The number of nitrogens with one attached hydrogen (secondary N) is 1. The number of hydroxylamine groups is 1. The zero-order valence-electron chi connectivity index (χ0n) is 18.6. The average Bonchev–Trinajstić information content (AvgIpc) is 3.63. The van der Waals surface area contributed by atoms with E-state index in [4.69, 9.17) is 14.7 Å². The highest BCUT2D eigenvalue weighted by Gasteiger charge is 2.36. The van der Waals surface area contributed by atoms with E-state index in [-0.39, 0.29) is 31.2 Å². The Morgan fingerprint density at radius 1 is 0.941 bits per heavy atom. The first-order valence-electron chi connectivity index (χ1n) is 11.3. The molecule has 5 rings (SSSR count). The largest absolute Gasteiger partial charge is 0.454 e. The summed E-state index contributed by atoms with van der Waals surface area (Å²) in [6.45, 7) is 2.39. The average molecular weight is 466 g/mol. The standard InChI is InChI=1S/C24H26N4O6/c29-22(25-32)17-3-1-16(2-4-17)14-28(19-7-8-20-21(13-19)34-15-33-20)24(31)27-11-9-26(10-12-27)23(30)18-5-6-18/h1-4,7-8,13,18,32H,5-6,9-12,14-15H2,(H,25,29). The van der Waals surface area contributed by atoms with E-state index in [1.54, 1.807) is 51.7 Å². The van der Waals surface area contributed by atoms with Gasteiger partial charge in [0.05, 0.1) is 6.54 Å². The number of nitrogens with zero attached hydrogens (tertiary/aromatic N) is 3. The molecule has 0 atom stereocenters. The maximum Gasteiger partial charge on any atom is 0.324 e. The summed E-state index contributed by atoms with van der Waals surface area (Å²) in [5.74, 6) is 0.969. The molecule has 2 aromatic carbocycles. The third-order valence-electron chi connectivity index (χ3n) is 6.35. The molecule has 10 heteroatoms. The number of amides is 4. The molecule has 0 spiro atoms. The highest BCUT2D eigenvalue weighted by atomic mass is 16.7. The van der Waals surface area contributed by atoms with Gasteiger partial charge in [-0.1, -0.05) is 12.1 Å². The van der Waals surface area contributed by atoms with Crippen LogP contribution in [0.2, 0.25) is 0 Å². The van der Waals surface area contributed by atoms with Gasteiger partial charge in [-0.3, -0.25) is 19.7 Å². The molecule has 0 radical (unpaired) electrons. The fraction of sp³-hybridized carbons (Fsp3) is 0.375. The Morgan fingerprint density at radius 3 is 2.29 bits per heavy atom. The molecule has 1 saturated heterocycles. The molecule has 2 fully saturated rings. The van der Waals surface area contributed by atoms with Gasteiger partial charge in [-0.2, -0.15) is 0 Å². The van der Waals surface area contributed by atoms with Gasteiger partial charge in [0.25, 0.3) is 5.91 Å². The lowest BCUT2D eigenvalue weighted by Gasteiger charge is -2.37. The van der Waals surface area contributed by atoms with E-state index in [9.17, 15) is 14.4 Å². The first-order valence-corrected chi connectivity index (χ1v) is 11.3. The molecule has 0 bridgehead atoms. The van der Waals surface area contributed by atoms with Crippen molar-refractivity contribution in [1.82, 2.24) is 15.3 Å². The van der Waals surface area contributed by atoms with Gasteiger partial charge in [-0.25, -0.2) is 10.3 Å². The van der Waals surface area contributed by atoms with Gasteiger partial charge in [0, 0.05) is 49.4 Å². The number of urea groups is 1. The molecule has 2 aromatic rings. The van der Waals surface area contributed by atoms with Crippen LogP contribution >= 0.6 is 0 Å². The Bertz CT molecular complexity index is 1090. The fourth-order valence-electron chi connectivity index (χ4n) is 4.21. The monoisotopic (exact) mass is 466 g/mol. The van der Waals surface area contributed by atoms with Gasteiger partial charge < -0.3 is 19.3 Å². The van der Waals surface area contributed by atoms with Crippen LogP contribution in [0.5, 0.6) is 11.5 Å². The number of carbonyl (C=O) groups is 3. The van der Waals surface area contributed by atoms with Crippen molar-refractivity contribution in [3.8, 4) is 11.5 Å². The molecule has 10 nitrogen and oxygen atoms in total. The van der Waals surface area contributed by atoms with Crippen LogP contribution in [0.4, 0.5) is 10.5 Å². The van der Waals surface area contributed by atoms with Gasteiger partial charge in [0.1, 0.15) is 0 Å². The number of fused-ring (bicyclic) bond motifs is 1. The Balaban J connectivity index is 1.35. The molecule has 34 heavy (non-hydrogen) atoms. The van der Waals surface area contributed by atoms with Gasteiger partial charge >= 0.3 is 6.03 Å². The zero-order chi connectivity index (χ0) is 23.7. The predicted octanol–water partition coefficient (Wildman–Crippen LogP) is 2.22. The summed E-state index contributed by atoms with van der Waals surface area (Å²) >= 11 is 0. The second kappa shape index (κ2) is 9.22. The van der Waals surface area contributed by atoms with Crippen LogP contribution in [0.25, 0.3) is 0 Å². The van der Waals surface area contributed by atoms with Gasteiger partial charge in [0.15, 0.2) is 11.5 Å². The first-order chi connectivity index (χ1) is 16.5. The number of hydrogen-bond donors (Lipinski definition) is 2. The number of carbonyl (C=O) groups excluding carboxylic acids is 3. The highest BCUT2D eigenvalue weighted by Crippen LogP contribution is 2.36. The van der Waals surface area contributed by atoms with E-state index in [0.29, 0.717) is 48.9 Å². The maximum absolute atomic E-state index is 13.6. The first kappa shape index (κ1) is 22.0. The Morgan fingerprint density at radius 2 is 1.62 bits per heavy atom. The Labute approximate surface area is 196 Å². The summed E-state index contributed by atoms with van der Waals surface area (Å²) < 4.78 is 10.9. The van der Waals surface area contributed by atoms with Gasteiger partial charge in [-0.05, 0) is 42.7 Å². The van der Waals surface area contributed by atoms with Crippen molar-refractivity contribution in [1.29, 1.82) is 0 Å². The van der Waals surface area contributed by atoms with Crippen LogP contribution in [0.15, 0.2) is 42.5 Å². The number of ether oxygens (including phenoxy) is 2. The van der Waals surface area contributed by atoms with Crippen LogP contribution in [0, 0.1) is 5.92 Å². The second-order valence-corrected chi connectivity index (χ2v) is 8.63. The molecule has 178 valence electrons. The number of piperazine rings is 1. The van der Waals surface area contributed by atoms with Crippen molar-refractivity contribution < 1.29 is 29.1 Å². The summed E-state index contributed by atoms with van der Waals surface area (Å²) in [5.41, 5.74) is 3.38. The van der Waals surface area contributed by atoms with E-state index in [1.165, 1.54) is 0 Å². The second-order valence-electron chi connectivity index (χ2n) is 8.63. The quantitative estimate of drug-likeness (QED) is 0.516. The minimum atomic E-state index is -0.603. The lowest BCUT2D eigenvalue weighted by Crippen LogP contribution is -2.54. The molecule has 0 unspecified atom stereocenters. The molecule has 1 aliphatic carbocycles. The van der Waals surface area contributed by atoms with E-state index in [1.807, 2.05) is 11.0 Å². The summed E-state index contributed by atoms with van der Waals surface area (Å²) in [6.07, 6.45) is 1.93. The lowest BCUT2D eigenvalue weighted by molar-refractivity contribution is -0.133. The number of rotatable bonds is 5. The molecule has 2 aliphatic heterocycles. The molecule has 2 N–H and O–H groups in total. The van der Waals surface area contributed by atoms with E-state index in [2.05, 4.69) is 0 Å². The maximum atomic E-state index is 13.6.